The lowest BCUT2D eigenvalue weighted by atomic mass is 10.2. The van der Waals surface area contributed by atoms with Gasteiger partial charge in [0.2, 0.25) is 0 Å². The number of hydrogen-bond acceptors (Lipinski definition) is 5. The van der Waals surface area contributed by atoms with Crippen molar-refractivity contribution in [2.45, 2.75) is 35.6 Å². The fourth-order valence-corrected chi connectivity index (χ4v) is 3.89. The van der Waals surface area contributed by atoms with Crippen LogP contribution >= 0.6 is 11.8 Å². The van der Waals surface area contributed by atoms with Crippen molar-refractivity contribution in [1.29, 1.82) is 0 Å². The molecule has 0 N–H and O–H groups in total. The predicted octanol–water partition coefficient (Wildman–Crippen LogP) is 3.44. The van der Waals surface area contributed by atoms with E-state index >= 15 is 0 Å². The third-order valence-corrected chi connectivity index (χ3v) is 5.32. The number of carbonyl (C=O) groups is 1. The van der Waals surface area contributed by atoms with Crippen LogP contribution in [0.25, 0.3) is 0 Å². The Labute approximate surface area is 145 Å². The summed E-state index contributed by atoms with van der Waals surface area (Å²) in [5, 5.41) is 0. The van der Waals surface area contributed by atoms with Crippen LogP contribution in [0.3, 0.4) is 0 Å². The zero-order valence-electron chi connectivity index (χ0n) is 13.3. The quantitative estimate of drug-likeness (QED) is 0.615. The molecular formula is C19H18O4S. The number of epoxide rings is 1. The maximum absolute atomic E-state index is 12.0. The van der Waals surface area contributed by atoms with E-state index in [9.17, 15) is 4.79 Å². The van der Waals surface area contributed by atoms with Crippen molar-refractivity contribution in [1.82, 2.24) is 0 Å². The molecule has 0 saturated carbocycles. The minimum Gasteiger partial charge on any atom is -0.459 e. The maximum Gasteiger partial charge on any atom is 0.338 e. The molecule has 2 fully saturated rings. The minimum atomic E-state index is -0.328. The molecule has 2 heterocycles. The molecule has 4 nitrogen and oxygen atoms in total. The first-order valence-corrected chi connectivity index (χ1v) is 8.85. The molecular weight excluding hydrogens is 324 g/mol. The molecule has 0 amide bonds. The van der Waals surface area contributed by atoms with Gasteiger partial charge in [0.05, 0.1) is 5.56 Å². The standard InChI is InChI=1S/C19H18O4S/c1-12-7-9-14(10-8-12)24-19-17-16(23-17)15(22-19)11-21-18(20)13-5-3-2-4-6-13/h2-10,15-17,19H,11H2,1H3/t15-,16+,17+,19-/m1/s1. The van der Waals surface area contributed by atoms with Gasteiger partial charge in [0, 0.05) is 4.90 Å². The number of aryl methyl sites for hydroxylation is 1. The fourth-order valence-electron chi connectivity index (χ4n) is 2.78. The molecule has 4 atom stereocenters. The highest BCUT2D eigenvalue weighted by Crippen LogP contribution is 2.46. The summed E-state index contributed by atoms with van der Waals surface area (Å²) < 4.78 is 17.0. The molecule has 2 saturated heterocycles. The van der Waals surface area contributed by atoms with Gasteiger partial charge in [0.1, 0.15) is 30.4 Å². The number of esters is 1. The summed E-state index contributed by atoms with van der Waals surface area (Å²) in [6, 6.07) is 17.3. The van der Waals surface area contributed by atoms with E-state index in [0.29, 0.717) is 5.56 Å². The van der Waals surface area contributed by atoms with Crippen LogP contribution < -0.4 is 0 Å². The van der Waals surface area contributed by atoms with Crippen molar-refractivity contribution in [3.05, 3.63) is 65.7 Å². The monoisotopic (exact) mass is 342 g/mol. The Morgan fingerprint density at radius 1 is 1.04 bits per heavy atom. The second-order valence-corrected chi connectivity index (χ2v) is 7.18. The summed E-state index contributed by atoms with van der Waals surface area (Å²) in [5.74, 6) is -0.328. The Hall–Kier alpha value is -1.82. The van der Waals surface area contributed by atoms with E-state index in [1.165, 1.54) is 5.56 Å². The Morgan fingerprint density at radius 3 is 2.54 bits per heavy atom. The smallest absolute Gasteiger partial charge is 0.338 e. The second-order valence-electron chi connectivity index (χ2n) is 6.00. The van der Waals surface area contributed by atoms with Crippen LogP contribution in [0.4, 0.5) is 0 Å². The maximum atomic E-state index is 12.0. The molecule has 2 aromatic carbocycles. The van der Waals surface area contributed by atoms with Crippen LogP contribution in [0.15, 0.2) is 59.5 Å². The van der Waals surface area contributed by atoms with Gasteiger partial charge in [-0.2, -0.15) is 0 Å². The topological polar surface area (TPSA) is 48.1 Å². The van der Waals surface area contributed by atoms with Crippen LogP contribution in [0.2, 0.25) is 0 Å². The average Bonchev–Trinajstić information content (AvgIpc) is 3.34. The van der Waals surface area contributed by atoms with Gasteiger partial charge in [0.15, 0.2) is 0 Å². The normalized spacial score (nSPS) is 27.5. The SMILES string of the molecule is Cc1ccc(S[C@H]2O[C@H](COC(=O)c3ccccc3)[C@@H]3O[C@@H]32)cc1. The fraction of sp³-hybridized carbons (Fsp3) is 0.316. The molecule has 124 valence electrons. The molecule has 0 bridgehead atoms. The zero-order chi connectivity index (χ0) is 16.5. The summed E-state index contributed by atoms with van der Waals surface area (Å²) in [7, 11) is 0. The summed E-state index contributed by atoms with van der Waals surface area (Å²) in [5.41, 5.74) is 1.74. The second kappa shape index (κ2) is 6.59. The third kappa shape index (κ3) is 3.34. The summed E-state index contributed by atoms with van der Waals surface area (Å²) in [6.07, 6.45) is -0.0566. The molecule has 24 heavy (non-hydrogen) atoms. The molecule has 0 unspecified atom stereocenters. The van der Waals surface area contributed by atoms with E-state index in [1.807, 2.05) is 18.2 Å². The van der Waals surface area contributed by atoms with Crippen LogP contribution in [-0.2, 0) is 14.2 Å². The van der Waals surface area contributed by atoms with Crippen molar-refractivity contribution >= 4 is 17.7 Å². The molecule has 0 aliphatic carbocycles. The molecule has 2 aliphatic heterocycles. The molecule has 2 aliphatic rings. The van der Waals surface area contributed by atoms with Gasteiger partial charge >= 0.3 is 5.97 Å². The van der Waals surface area contributed by atoms with Crippen LogP contribution in [0, 0.1) is 6.92 Å². The van der Waals surface area contributed by atoms with E-state index < -0.39 is 0 Å². The number of benzene rings is 2. The lowest BCUT2D eigenvalue weighted by molar-refractivity contribution is -0.0290. The summed E-state index contributed by atoms with van der Waals surface area (Å²) >= 11 is 1.66. The van der Waals surface area contributed by atoms with E-state index in [0.717, 1.165) is 4.90 Å². The van der Waals surface area contributed by atoms with E-state index in [-0.39, 0.29) is 36.3 Å². The molecule has 0 radical (unpaired) electrons. The highest BCUT2D eigenvalue weighted by molar-refractivity contribution is 7.99. The largest absolute Gasteiger partial charge is 0.459 e. The summed E-state index contributed by atoms with van der Waals surface area (Å²) in [4.78, 5) is 13.2. The van der Waals surface area contributed by atoms with Gasteiger partial charge in [-0.05, 0) is 31.2 Å². The number of fused-ring (bicyclic) bond motifs is 1. The number of ether oxygens (including phenoxy) is 3. The van der Waals surface area contributed by atoms with Gasteiger partial charge in [-0.15, -0.1) is 0 Å². The number of rotatable bonds is 5. The molecule has 2 aromatic rings. The number of thioether (sulfide) groups is 1. The van der Waals surface area contributed by atoms with Gasteiger partial charge < -0.3 is 14.2 Å². The van der Waals surface area contributed by atoms with E-state index in [4.69, 9.17) is 14.2 Å². The Kier molecular flexibility index (Phi) is 4.31. The van der Waals surface area contributed by atoms with Crippen molar-refractivity contribution in [3.8, 4) is 0 Å². The van der Waals surface area contributed by atoms with Crippen molar-refractivity contribution in [3.63, 3.8) is 0 Å². The van der Waals surface area contributed by atoms with E-state index in [2.05, 4.69) is 31.2 Å². The van der Waals surface area contributed by atoms with Gasteiger partial charge in [-0.1, -0.05) is 47.7 Å². The zero-order valence-corrected chi connectivity index (χ0v) is 14.1. The highest BCUT2D eigenvalue weighted by Gasteiger charge is 2.58. The van der Waals surface area contributed by atoms with Crippen LogP contribution in [0.5, 0.6) is 0 Å². The van der Waals surface area contributed by atoms with Gasteiger partial charge in [0.25, 0.3) is 0 Å². The number of hydrogen-bond donors (Lipinski definition) is 0. The summed E-state index contributed by atoms with van der Waals surface area (Å²) in [6.45, 7) is 2.29. The van der Waals surface area contributed by atoms with Gasteiger partial charge in [-0.25, -0.2) is 4.79 Å². The highest BCUT2D eigenvalue weighted by atomic mass is 32.2. The lowest BCUT2D eigenvalue weighted by Crippen LogP contribution is -2.25. The molecule has 4 rings (SSSR count). The Bertz CT molecular complexity index is 716. The first kappa shape index (κ1) is 15.7. The molecule has 5 heteroatoms. The Morgan fingerprint density at radius 2 is 1.79 bits per heavy atom. The van der Waals surface area contributed by atoms with Crippen molar-refractivity contribution in [2.24, 2.45) is 0 Å². The van der Waals surface area contributed by atoms with Crippen LogP contribution in [0.1, 0.15) is 15.9 Å². The first-order chi connectivity index (χ1) is 11.7. The first-order valence-electron chi connectivity index (χ1n) is 7.97. The van der Waals surface area contributed by atoms with Crippen molar-refractivity contribution < 1.29 is 19.0 Å². The van der Waals surface area contributed by atoms with Crippen LogP contribution in [-0.4, -0.2) is 36.3 Å². The number of carbonyl (C=O) groups excluding carboxylic acids is 1. The molecule has 0 spiro atoms. The average molecular weight is 342 g/mol. The molecule has 0 aromatic heterocycles. The van der Waals surface area contributed by atoms with E-state index in [1.54, 1.807) is 23.9 Å². The predicted molar refractivity (Wildman–Crippen MR) is 91.1 cm³/mol. The van der Waals surface area contributed by atoms with Gasteiger partial charge in [-0.3, -0.25) is 0 Å². The Balaban J connectivity index is 1.31. The third-order valence-electron chi connectivity index (χ3n) is 4.17. The minimum absolute atomic E-state index is 0.0384. The van der Waals surface area contributed by atoms with Crippen molar-refractivity contribution in [2.75, 3.05) is 6.61 Å². The lowest BCUT2D eigenvalue weighted by Gasteiger charge is -2.17.